The molecule has 0 aliphatic carbocycles. The summed E-state index contributed by atoms with van der Waals surface area (Å²) in [6.45, 7) is 10.3. The Morgan fingerprint density at radius 1 is 1.56 bits per heavy atom. The molecule has 46 valence electrons. The van der Waals surface area contributed by atoms with Crippen LogP contribution in [0.4, 0.5) is 5.69 Å². The topological polar surface area (TPSA) is 17.5 Å². The van der Waals surface area contributed by atoms with Crippen LogP contribution in [-0.2, 0) is 0 Å². The highest BCUT2D eigenvalue weighted by atomic mass is 16.3. The van der Waals surface area contributed by atoms with E-state index in [1.165, 1.54) is 0 Å². The van der Waals surface area contributed by atoms with Gasteiger partial charge >= 0.3 is 0 Å². The van der Waals surface area contributed by atoms with Crippen molar-refractivity contribution < 1.29 is 4.42 Å². The van der Waals surface area contributed by atoms with Crippen molar-refractivity contribution in [3.63, 3.8) is 0 Å². The van der Waals surface area contributed by atoms with Crippen LogP contribution in [0.1, 0.15) is 11.5 Å². The minimum atomic E-state index is 0.618. The van der Waals surface area contributed by atoms with Crippen LogP contribution in [0, 0.1) is 20.4 Å². The van der Waals surface area contributed by atoms with Crippen LogP contribution in [-0.4, -0.2) is 0 Å². The second-order valence-electron chi connectivity index (χ2n) is 1.91. The molecule has 0 unspecified atom stereocenters. The maximum absolute atomic E-state index is 6.66. The van der Waals surface area contributed by atoms with Crippen LogP contribution in [0.2, 0.25) is 0 Å². The SMILES string of the molecule is [C-]#[N+]c1cc(C)oc1C. The number of furan rings is 1. The van der Waals surface area contributed by atoms with Gasteiger partial charge in [0, 0.05) is 0 Å². The second-order valence-corrected chi connectivity index (χ2v) is 1.91. The normalized spacial score (nSPS) is 9.00. The van der Waals surface area contributed by atoms with Crippen molar-refractivity contribution >= 4 is 5.69 Å². The zero-order valence-corrected chi connectivity index (χ0v) is 5.43. The molecule has 0 radical (unpaired) electrons. The fourth-order valence-corrected chi connectivity index (χ4v) is 0.728. The summed E-state index contributed by atoms with van der Waals surface area (Å²) in [5, 5.41) is 0. The molecule has 0 aromatic carbocycles. The Morgan fingerprint density at radius 3 is 2.44 bits per heavy atom. The van der Waals surface area contributed by atoms with Crippen molar-refractivity contribution in [2.75, 3.05) is 0 Å². The van der Waals surface area contributed by atoms with Crippen LogP contribution in [0.25, 0.3) is 4.85 Å². The van der Waals surface area contributed by atoms with E-state index >= 15 is 0 Å². The zero-order chi connectivity index (χ0) is 6.85. The molecule has 0 aliphatic heterocycles. The van der Waals surface area contributed by atoms with E-state index in [2.05, 4.69) is 4.85 Å². The quantitative estimate of drug-likeness (QED) is 0.482. The van der Waals surface area contributed by atoms with Gasteiger partial charge in [0.05, 0.1) is 12.3 Å². The molecule has 0 aliphatic rings. The fraction of sp³-hybridized carbons (Fsp3) is 0.286. The highest BCUT2D eigenvalue weighted by Crippen LogP contribution is 2.21. The molecule has 0 bridgehead atoms. The summed E-state index contributed by atoms with van der Waals surface area (Å²) in [4.78, 5) is 3.25. The molecule has 0 atom stereocenters. The third kappa shape index (κ3) is 0.945. The van der Waals surface area contributed by atoms with Crippen molar-refractivity contribution in [3.8, 4) is 0 Å². The molecule has 0 N–H and O–H groups in total. The maximum atomic E-state index is 6.66. The molecule has 1 rings (SSSR count). The second kappa shape index (κ2) is 1.94. The molecule has 0 fully saturated rings. The number of rotatable bonds is 0. The van der Waals surface area contributed by atoms with E-state index in [1.54, 1.807) is 13.0 Å². The lowest BCUT2D eigenvalue weighted by atomic mass is 10.4. The lowest BCUT2D eigenvalue weighted by Crippen LogP contribution is -1.56. The Hall–Kier alpha value is -1.23. The summed E-state index contributed by atoms with van der Waals surface area (Å²) < 4.78 is 5.09. The molecule has 2 nitrogen and oxygen atoms in total. The number of hydrogen-bond donors (Lipinski definition) is 0. The lowest BCUT2D eigenvalue weighted by molar-refractivity contribution is 0.506. The maximum Gasteiger partial charge on any atom is 0.227 e. The Bertz CT molecular complexity index is 254. The predicted octanol–water partition coefficient (Wildman–Crippen LogP) is 2.45. The van der Waals surface area contributed by atoms with Crippen LogP contribution in [0.5, 0.6) is 0 Å². The summed E-state index contributed by atoms with van der Waals surface area (Å²) in [6, 6.07) is 1.74. The Morgan fingerprint density at radius 2 is 2.22 bits per heavy atom. The monoisotopic (exact) mass is 121 g/mol. The standard InChI is InChI=1S/C7H7NO/c1-5-4-7(8-3)6(2)9-5/h4H,1-2H3. The Balaban J connectivity index is 3.20. The van der Waals surface area contributed by atoms with Crippen molar-refractivity contribution in [2.24, 2.45) is 0 Å². The van der Waals surface area contributed by atoms with Gasteiger partial charge in [0.15, 0.2) is 0 Å². The summed E-state index contributed by atoms with van der Waals surface area (Å²) >= 11 is 0. The van der Waals surface area contributed by atoms with Gasteiger partial charge in [0.25, 0.3) is 0 Å². The minimum Gasteiger partial charge on any atom is -0.479 e. The van der Waals surface area contributed by atoms with E-state index in [0.29, 0.717) is 11.4 Å². The van der Waals surface area contributed by atoms with Gasteiger partial charge in [-0.2, -0.15) is 0 Å². The van der Waals surface area contributed by atoms with E-state index in [1.807, 2.05) is 6.92 Å². The molecule has 0 amide bonds. The van der Waals surface area contributed by atoms with Gasteiger partial charge in [0.2, 0.25) is 5.69 Å². The molecule has 9 heavy (non-hydrogen) atoms. The highest BCUT2D eigenvalue weighted by Gasteiger charge is 2.01. The van der Waals surface area contributed by atoms with E-state index < -0.39 is 0 Å². The van der Waals surface area contributed by atoms with Gasteiger partial charge < -0.3 is 4.42 Å². The van der Waals surface area contributed by atoms with Crippen LogP contribution in [0.15, 0.2) is 10.5 Å². The third-order valence-electron chi connectivity index (χ3n) is 1.14. The summed E-state index contributed by atoms with van der Waals surface area (Å²) in [5.41, 5.74) is 0.618. The zero-order valence-electron chi connectivity index (χ0n) is 5.43. The lowest BCUT2D eigenvalue weighted by Gasteiger charge is -1.79. The molecule has 0 saturated heterocycles. The molecule has 0 spiro atoms. The number of hydrogen-bond acceptors (Lipinski definition) is 1. The van der Waals surface area contributed by atoms with Crippen molar-refractivity contribution in [1.29, 1.82) is 0 Å². The van der Waals surface area contributed by atoms with Gasteiger partial charge in [0.1, 0.15) is 5.76 Å². The van der Waals surface area contributed by atoms with Crippen LogP contribution in [0.3, 0.4) is 0 Å². The van der Waals surface area contributed by atoms with Crippen LogP contribution < -0.4 is 0 Å². The summed E-state index contributed by atoms with van der Waals surface area (Å²) in [6.07, 6.45) is 0. The summed E-state index contributed by atoms with van der Waals surface area (Å²) in [7, 11) is 0. The van der Waals surface area contributed by atoms with Gasteiger partial charge in [-0.05, 0) is 19.9 Å². The largest absolute Gasteiger partial charge is 0.479 e. The van der Waals surface area contributed by atoms with Gasteiger partial charge in [-0.1, -0.05) is 0 Å². The fourth-order valence-electron chi connectivity index (χ4n) is 0.728. The number of aryl methyl sites for hydroxylation is 2. The van der Waals surface area contributed by atoms with Gasteiger partial charge in [-0.15, -0.1) is 0 Å². The van der Waals surface area contributed by atoms with Crippen molar-refractivity contribution in [2.45, 2.75) is 13.8 Å². The highest BCUT2D eigenvalue weighted by molar-refractivity contribution is 5.48. The van der Waals surface area contributed by atoms with E-state index in [4.69, 9.17) is 11.0 Å². The molecule has 1 aromatic heterocycles. The third-order valence-corrected chi connectivity index (χ3v) is 1.14. The summed E-state index contributed by atoms with van der Waals surface area (Å²) in [5.74, 6) is 1.51. The van der Waals surface area contributed by atoms with Gasteiger partial charge in [-0.25, -0.2) is 4.85 Å². The first kappa shape index (κ1) is 5.90. The number of nitrogens with zero attached hydrogens (tertiary/aromatic N) is 1. The molecule has 0 saturated carbocycles. The van der Waals surface area contributed by atoms with Crippen molar-refractivity contribution in [3.05, 3.63) is 29.0 Å². The predicted molar refractivity (Wildman–Crippen MR) is 34.4 cm³/mol. The smallest absolute Gasteiger partial charge is 0.227 e. The molecular weight excluding hydrogens is 114 g/mol. The van der Waals surface area contributed by atoms with E-state index in [0.717, 1.165) is 5.76 Å². The first-order valence-corrected chi connectivity index (χ1v) is 2.68. The van der Waals surface area contributed by atoms with Gasteiger partial charge in [-0.3, -0.25) is 0 Å². The van der Waals surface area contributed by atoms with Crippen molar-refractivity contribution in [1.82, 2.24) is 0 Å². The Kier molecular flexibility index (Phi) is 1.27. The van der Waals surface area contributed by atoms with E-state index in [-0.39, 0.29) is 0 Å². The molecule has 1 aromatic rings. The van der Waals surface area contributed by atoms with Crippen LogP contribution >= 0.6 is 0 Å². The first-order chi connectivity index (χ1) is 4.24. The average Bonchev–Trinajstić information content (AvgIpc) is 2.10. The molecule has 1 heterocycles. The minimum absolute atomic E-state index is 0.618. The first-order valence-electron chi connectivity index (χ1n) is 2.68. The van der Waals surface area contributed by atoms with E-state index in [9.17, 15) is 0 Å². The average molecular weight is 121 g/mol. The molecular formula is C7H7NO. The Labute approximate surface area is 53.9 Å². The molecule has 2 heteroatoms.